The van der Waals surface area contributed by atoms with Crippen molar-refractivity contribution in [1.82, 2.24) is 9.80 Å². The number of carbonyl (C=O) groups excluding carboxylic acids is 2. The molecule has 2 heterocycles. The molecular weight excluding hydrogens is 410 g/mol. The smallest absolute Gasteiger partial charge is 0.236 e. The summed E-state index contributed by atoms with van der Waals surface area (Å²) in [7, 11) is 0. The summed E-state index contributed by atoms with van der Waals surface area (Å²) in [6.45, 7) is 5.28. The highest BCUT2D eigenvalue weighted by Gasteiger charge is 2.26. The third-order valence-corrected chi connectivity index (χ3v) is 6.31. The second kappa shape index (κ2) is 11.3. The second-order valence-electron chi connectivity index (χ2n) is 8.27. The maximum absolute atomic E-state index is 11.9. The minimum absolute atomic E-state index is 0.0411. The molecule has 0 atom stereocenters. The number of piperidine rings is 1. The van der Waals surface area contributed by atoms with Gasteiger partial charge in [0.1, 0.15) is 0 Å². The molecule has 0 aliphatic carbocycles. The number of likely N-dealkylation sites (tertiary alicyclic amines) is 2. The fourth-order valence-electron chi connectivity index (χ4n) is 4.26. The van der Waals surface area contributed by atoms with Crippen molar-refractivity contribution in [2.24, 2.45) is 5.73 Å². The highest BCUT2D eigenvalue weighted by molar-refractivity contribution is 6.30. The molecule has 6 heteroatoms. The molecule has 31 heavy (non-hydrogen) atoms. The summed E-state index contributed by atoms with van der Waals surface area (Å²) < 4.78 is 0. The van der Waals surface area contributed by atoms with Gasteiger partial charge in [-0.15, -0.1) is 0 Å². The fourth-order valence-corrected chi connectivity index (χ4v) is 4.38. The van der Waals surface area contributed by atoms with E-state index in [4.69, 9.17) is 17.3 Å². The number of hydrogen-bond donors (Lipinski definition) is 1. The first kappa shape index (κ1) is 23.3. The SMILES string of the molecule is Cc1ccc(Cl)cc1.NCC(=O)N1CCC(c2ccccc2CN2CCCC2=O)CC1. The molecule has 0 bridgehead atoms. The van der Waals surface area contributed by atoms with Crippen LogP contribution in [-0.2, 0) is 16.1 Å². The van der Waals surface area contributed by atoms with Crippen LogP contribution in [0.25, 0.3) is 0 Å². The zero-order valence-corrected chi connectivity index (χ0v) is 19.0. The van der Waals surface area contributed by atoms with E-state index in [-0.39, 0.29) is 18.4 Å². The van der Waals surface area contributed by atoms with Gasteiger partial charge >= 0.3 is 0 Å². The molecule has 0 radical (unpaired) electrons. The van der Waals surface area contributed by atoms with Crippen molar-refractivity contribution in [3.8, 4) is 0 Å². The van der Waals surface area contributed by atoms with Crippen molar-refractivity contribution in [2.75, 3.05) is 26.2 Å². The summed E-state index contributed by atoms with van der Waals surface area (Å²) in [6.07, 6.45) is 3.59. The summed E-state index contributed by atoms with van der Waals surface area (Å²) in [4.78, 5) is 27.4. The van der Waals surface area contributed by atoms with Crippen LogP contribution >= 0.6 is 11.6 Å². The average molecular weight is 442 g/mol. The zero-order chi connectivity index (χ0) is 22.2. The summed E-state index contributed by atoms with van der Waals surface area (Å²) >= 11 is 5.61. The van der Waals surface area contributed by atoms with Gasteiger partial charge in [0.05, 0.1) is 6.54 Å². The Morgan fingerprint density at radius 2 is 1.74 bits per heavy atom. The number of carbonyl (C=O) groups is 2. The Bertz CT molecular complexity index is 856. The average Bonchev–Trinajstić information content (AvgIpc) is 3.20. The molecule has 0 saturated carbocycles. The van der Waals surface area contributed by atoms with Crippen LogP contribution in [-0.4, -0.2) is 47.8 Å². The third-order valence-electron chi connectivity index (χ3n) is 6.06. The molecule has 2 aromatic rings. The first-order valence-electron chi connectivity index (χ1n) is 11.0. The largest absolute Gasteiger partial charge is 0.342 e. The number of hydrogen-bond acceptors (Lipinski definition) is 3. The van der Waals surface area contributed by atoms with Crippen LogP contribution in [0.1, 0.15) is 48.3 Å². The van der Waals surface area contributed by atoms with Crippen LogP contribution in [0.5, 0.6) is 0 Å². The van der Waals surface area contributed by atoms with Crippen LogP contribution in [0.4, 0.5) is 0 Å². The highest BCUT2D eigenvalue weighted by Crippen LogP contribution is 2.31. The molecule has 2 saturated heterocycles. The molecule has 0 unspecified atom stereocenters. The van der Waals surface area contributed by atoms with Crippen LogP contribution < -0.4 is 5.73 Å². The van der Waals surface area contributed by atoms with E-state index in [2.05, 4.69) is 18.2 Å². The van der Waals surface area contributed by atoms with E-state index in [1.54, 1.807) is 0 Å². The maximum Gasteiger partial charge on any atom is 0.236 e. The Morgan fingerprint density at radius 3 is 2.32 bits per heavy atom. The van der Waals surface area contributed by atoms with Crippen molar-refractivity contribution >= 4 is 23.4 Å². The number of amides is 2. The molecule has 2 aliphatic heterocycles. The second-order valence-corrected chi connectivity index (χ2v) is 8.71. The number of halogens is 1. The van der Waals surface area contributed by atoms with Gasteiger partial charge in [0.25, 0.3) is 0 Å². The summed E-state index contributed by atoms with van der Waals surface area (Å²) in [5.41, 5.74) is 9.29. The van der Waals surface area contributed by atoms with Crippen LogP contribution in [0, 0.1) is 6.92 Å². The first-order valence-corrected chi connectivity index (χ1v) is 11.4. The van der Waals surface area contributed by atoms with E-state index in [1.807, 2.05) is 47.1 Å². The van der Waals surface area contributed by atoms with Crippen molar-refractivity contribution in [3.05, 3.63) is 70.2 Å². The molecule has 2 aromatic carbocycles. The summed E-state index contributed by atoms with van der Waals surface area (Å²) in [5, 5.41) is 0.801. The van der Waals surface area contributed by atoms with Gasteiger partial charge in [-0.05, 0) is 55.4 Å². The first-order chi connectivity index (χ1) is 15.0. The molecule has 2 amide bonds. The fraction of sp³-hybridized carbons (Fsp3) is 0.440. The number of benzene rings is 2. The summed E-state index contributed by atoms with van der Waals surface area (Å²) in [5.74, 6) is 0.772. The zero-order valence-electron chi connectivity index (χ0n) is 18.2. The Kier molecular flexibility index (Phi) is 8.50. The minimum atomic E-state index is 0.0411. The molecule has 2 fully saturated rings. The molecule has 166 valence electrons. The van der Waals surface area contributed by atoms with Gasteiger partial charge < -0.3 is 15.5 Å². The van der Waals surface area contributed by atoms with E-state index in [0.29, 0.717) is 12.3 Å². The Balaban J connectivity index is 0.000000287. The Morgan fingerprint density at radius 1 is 1.06 bits per heavy atom. The number of nitrogens with two attached hydrogens (primary N) is 1. The van der Waals surface area contributed by atoms with Crippen molar-refractivity contribution < 1.29 is 9.59 Å². The predicted octanol–water partition coefficient (Wildman–Crippen LogP) is 4.12. The lowest BCUT2D eigenvalue weighted by Gasteiger charge is -2.33. The lowest BCUT2D eigenvalue weighted by Crippen LogP contribution is -2.41. The molecule has 0 spiro atoms. The molecule has 5 nitrogen and oxygen atoms in total. The third kappa shape index (κ3) is 6.55. The lowest BCUT2D eigenvalue weighted by molar-refractivity contribution is -0.131. The molecule has 4 rings (SSSR count). The van der Waals surface area contributed by atoms with Gasteiger partial charge in [-0.3, -0.25) is 9.59 Å². The molecular formula is C25H32ClN3O2. The molecule has 2 aliphatic rings. The van der Waals surface area contributed by atoms with Gasteiger partial charge in [0.2, 0.25) is 11.8 Å². The maximum atomic E-state index is 11.9. The van der Waals surface area contributed by atoms with Crippen LogP contribution in [0.3, 0.4) is 0 Å². The van der Waals surface area contributed by atoms with Crippen molar-refractivity contribution in [3.63, 3.8) is 0 Å². The van der Waals surface area contributed by atoms with Crippen molar-refractivity contribution in [1.29, 1.82) is 0 Å². The topological polar surface area (TPSA) is 66.6 Å². The van der Waals surface area contributed by atoms with E-state index < -0.39 is 0 Å². The molecule has 2 N–H and O–H groups in total. The highest BCUT2D eigenvalue weighted by atomic mass is 35.5. The molecule has 0 aromatic heterocycles. The van der Waals surface area contributed by atoms with Gasteiger partial charge in [-0.2, -0.15) is 0 Å². The van der Waals surface area contributed by atoms with Gasteiger partial charge in [0.15, 0.2) is 0 Å². The quantitative estimate of drug-likeness (QED) is 0.775. The van der Waals surface area contributed by atoms with Gasteiger partial charge in [-0.25, -0.2) is 0 Å². The van der Waals surface area contributed by atoms with Gasteiger partial charge in [0, 0.05) is 37.6 Å². The van der Waals surface area contributed by atoms with Crippen LogP contribution in [0.2, 0.25) is 5.02 Å². The Labute approximate surface area is 190 Å². The predicted molar refractivity (Wildman–Crippen MR) is 125 cm³/mol. The summed E-state index contributed by atoms with van der Waals surface area (Å²) in [6, 6.07) is 16.2. The van der Waals surface area contributed by atoms with E-state index >= 15 is 0 Å². The lowest BCUT2D eigenvalue weighted by atomic mass is 9.86. The Hall–Kier alpha value is -2.37. The standard InChI is InChI=1S/C18H25N3O2.C7H7Cl/c19-12-18(23)20-10-7-14(8-11-20)16-5-2-1-4-15(16)13-21-9-3-6-17(21)22;1-6-2-4-7(8)5-3-6/h1-2,4-5,14H,3,6-13,19H2;2-5H,1H3. The normalized spacial score (nSPS) is 16.8. The van der Waals surface area contributed by atoms with Crippen molar-refractivity contribution in [2.45, 2.75) is 45.1 Å². The number of rotatable bonds is 4. The monoisotopic (exact) mass is 441 g/mol. The minimum Gasteiger partial charge on any atom is -0.342 e. The van der Waals surface area contributed by atoms with Gasteiger partial charge in [-0.1, -0.05) is 53.6 Å². The van der Waals surface area contributed by atoms with Crippen LogP contribution in [0.15, 0.2) is 48.5 Å². The van der Waals surface area contributed by atoms with E-state index in [1.165, 1.54) is 16.7 Å². The van der Waals surface area contributed by atoms with E-state index in [0.717, 1.165) is 50.5 Å². The number of aryl methyl sites for hydroxylation is 1. The van der Waals surface area contributed by atoms with E-state index in [9.17, 15) is 9.59 Å². The number of nitrogens with zero attached hydrogens (tertiary/aromatic N) is 2.